The van der Waals surface area contributed by atoms with Crippen molar-refractivity contribution < 1.29 is 42.1 Å². The minimum absolute atomic E-state index is 0.0228. The van der Waals surface area contributed by atoms with Crippen molar-refractivity contribution in [1.82, 2.24) is 0 Å². The molecule has 0 heterocycles. The molecule has 0 fully saturated rings. The van der Waals surface area contributed by atoms with E-state index in [1.807, 2.05) is 33.3 Å². The standard InChI is InChI=1S/C44H84NO8P/c1-6-8-10-12-14-16-18-20-22-24-26-28-30-32-34-36-43(46)50-40-42(41-52-54(48,49)51-39-38-45(3,4)5)53-44(47)37-35-33-31-29-27-25-23-21-19-17-15-13-11-9-7-2/h30-33,42H,6-29,34-41H2,1-5H3/p+1/b32-30+,33-31+/t42-/m1/s1. The molecule has 0 bridgehead atoms. The molecule has 0 aromatic carbocycles. The number of hydrogen-bond donors (Lipinski definition) is 1. The van der Waals surface area contributed by atoms with Crippen LogP contribution in [0.2, 0.25) is 0 Å². The molecule has 0 saturated carbocycles. The molecule has 318 valence electrons. The molecule has 1 unspecified atom stereocenters. The number of unbranched alkanes of at least 4 members (excludes halogenated alkanes) is 22. The molecular formula is C44H85NO8P+. The number of carbonyl (C=O) groups excluding carboxylic acids is 2. The second kappa shape index (κ2) is 37.1. The van der Waals surface area contributed by atoms with E-state index in [1.165, 1.54) is 128 Å². The van der Waals surface area contributed by atoms with E-state index in [9.17, 15) is 19.0 Å². The van der Waals surface area contributed by atoms with Gasteiger partial charge in [-0.1, -0.05) is 167 Å². The van der Waals surface area contributed by atoms with Gasteiger partial charge in [0.15, 0.2) is 6.10 Å². The third-order valence-electron chi connectivity index (χ3n) is 9.48. The molecule has 1 N–H and O–H groups in total. The van der Waals surface area contributed by atoms with Crippen LogP contribution in [0, 0.1) is 0 Å². The summed E-state index contributed by atoms with van der Waals surface area (Å²) in [7, 11) is 1.45. The Bertz CT molecular complexity index is 980. The van der Waals surface area contributed by atoms with Crippen molar-refractivity contribution >= 4 is 19.8 Å². The lowest BCUT2D eigenvalue weighted by Gasteiger charge is -2.24. The van der Waals surface area contributed by atoms with Crippen LogP contribution in [0.4, 0.5) is 0 Å². The van der Waals surface area contributed by atoms with E-state index in [0.717, 1.165) is 25.7 Å². The molecule has 0 aliphatic heterocycles. The van der Waals surface area contributed by atoms with Crippen molar-refractivity contribution in [2.24, 2.45) is 0 Å². The fourth-order valence-electron chi connectivity index (χ4n) is 5.99. The zero-order valence-electron chi connectivity index (χ0n) is 35.7. The van der Waals surface area contributed by atoms with Gasteiger partial charge in [0.1, 0.15) is 19.8 Å². The van der Waals surface area contributed by atoms with Crippen molar-refractivity contribution in [3.05, 3.63) is 24.3 Å². The molecule has 0 radical (unpaired) electrons. The van der Waals surface area contributed by atoms with Crippen molar-refractivity contribution in [3.63, 3.8) is 0 Å². The first-order chi connectivity index (χ1) is 26.0. The van der Waals surface area contributed by atoms with E-state index in [1.54, 1.807) is 0 Å². The van der Waals surface area contributed by atoms with Crippen LogP contribution in [0.25, 0.3) is 0 Å². The first-order valence-corrected chi connectivity index (χ1v) is 23.6. The van der Waals surface area contributed by atoms with Crippen LogP contribution in [0.5, 0.6) is 0 Å². The topological polar surface area (TPSA) is 108 Å². The first-order valence-electron chi connectivity index (χ1n) is 22.1. The lowest BCUT2D eigenvalue weighted by atomic mass is 10.1. The van der Waals surface area contributed by atoms with Crippen LogP contribution in [0.15, 0.2) is 24.3 Å². The number of phosphoric ester groups is 1. The van der Waals surface area contributed by atoms with E-state index in [4.69, 9.17) is 18.5 Å². The molecule has 10 heteroatoms. The van der Waals surface area contributed by atoms with Crippen LogP contribution in [-0.4, -0.2) is 74.9 Å². The highest BCUT2D eigenvalue weighted by molar-refractivity contribution is 7.47. The molecule has 0 aliphatic carbocycles. The highest BCUT2D eigenvalue weighted by Gasteiger charge is 2.27. The van der Waals surface area contributed by atoms with Gasteiger partial charge < -0.3 is 18.9 Å². The molecule has 0 rings (SSSR count). The van der Waals surface area contributed by atoms with Crippen molar-refractivity contribution in [3.8, 4) is 0 Å². The largest absolute Gasteiger partial charge is 0.472 e. The second-order valence-corrected chi connectivity index (χ2v) is 17.5. The maximum Gasteiger partial charge on any atom is 0.472 e. The Kier molecular flexibility index (Phi) is 36.1. The summed E-state index contributed by atoms with van der Waals surface area (Å²) in [5, 5.41) is 0. The summed E-state index contributed by atoms with van der Waals surface area (Å²) < 4.78 is 34.2. The van der Waals surface area contributed by atoms with Crippen LogP contribution < -0.4 is 0 Å². The van der Waals surface area contributed by atoms with E-state index in [-0.39, 0.29) is 26.1 Å². The summed E-state index contributed by atoms with van der Waals surface area (Å²) >= 11 is 0. The Morgan fingerprint density at radius 2 is 0.944 bits per heavy atom. The monoisotopic (exact) mass is 787 g/mol. The molecule has 0 amide bonds. The fourth-order valence-corrected chi connectivity index (χ4v) is 6.73. The van der Waals surface area contributed by atoms with Gasteiger partial charge in [-0.2, -0.15) is 0 Å². The van der Waals surface area contributed by atoms with Gasteiger partial charge in [-0.3, -0.25) is 18.6 Å². The molecule has 0 aliphatic rings. The molecule has 2 atom stereocenters. The normalized spacial score (nSPS) is 13.8. The predicted molar refractivity (Wildman–Crippen MR) is 224 cm³/mol. The maximum atomic E-state index is 12.6. The molecule has 54 heavy (non-hydrogen) atoms. The Morgan fingerprint density at radius 3 is 1.37 bits per heavy atom. The van der Waals surface area contributed by atoms with Crippen molar-refractivity contribution in [1.29, 1.82) is 0 Å². The first kappa shape index (κ1) is 52.5. The highest BCUT2D eigenvalue weighted by Crippen LogP contribution is 2.43. The van der Waals surface area contributed by atoms with E-state index < -0.39 is 32.5 Å². The van der Waals surface area contributed by atoms with Crippen LogP contribution in [0.3, 0.4) is 0 Å². The zero-order valence-corrected chi connectivity index (χ0v) is 36.6. The van der Waals surface area contributed by atoms with Crippen LogP contribution >= 0.6 is 7.82 Å². The van der Waals surface area contributed by atoms with Gasteiger partial charge >= 0.3 is 19.8 Å². The molecule has 9 nitrogen and oxygen atoms in total. The quantitative estimate of drug-likeness (QED) is 0.0215. The van der Waals surface area contributed by atoms with Gasteiger partial charge in [-0.05, 0) is 38.5 Å². The minimum Gasteiger partial charge on any atom is -0.462 e. The van der Waals surface area contributed by atoms with Crippen molar-refractivity contribution in [2.75, 3.05) is 47.5 Å². The van der Waals surface area contributed by atoms with Crippen molar-refractivity contribution in [2.45, 2.75) is 200 Å². The number of quaternary nitrogens is 1. The smallest absolute Gasteiger partial charge is 0.462 e. The molecular weight excluding hydrogens is 701 g/mol. The van der Waals surface area contributed by atoms with E-state index in [0.29, 0.717) is 23.9 Å². The SMILES string of the molecule is CCCCCCCCCCCCC/C=C/CCC(=O)OC[C@H](COP(=O)(O)OCC[N+](C)(C)C)OC(=O)CC/C=C/CCCCCCCCCCCCC. The zero-order chi connectivity index (χ0) is 40.0. The summed E-state index contributed by atoms with van der Waals surface area (Å²) in [6, 6.07) is 0. The maximum absolute atomic E-state index is 12.6. The summed E-state index contributed by atoms with van der Waals surface area (Å²) in [5.41, 5.74) is 0. The Labute approximate surface area is 332 Å². The van der Waals surface area contributed by atoms with Gasteiger partial charge in [0, 0.05) is 12.8 Å². The molecule has 0 aromatic rings. The lowest BCUT2D eigenvalue weighted by Crippen LogP contribution is -2.37. The Morgan fingerprint density at radius 1 is 0.556 bits per heavy atom. The number of carbonyl (C=O) groups is 2. The lowest BCUT2D eigenvalue weighted by molar-refractivity contribution is -0.870. The third-order valence-corrected chi connectivity index (χ3v) is 10.5. The number of hydrogen-bond acceptors (Lipinski definition) is 7. The fraction of sp³-hybridized carbons (Fsp3) is 0.864. The van der Waals surface area contributed by atoms with Crippen LogP contribution in [-0.2, 0) is 32.7 Å². The van der Waals surface area contributed by atoms with E-state index in [2.05, 4.69) is 26.0 Å². The van der Waals surface area contributed by atoms with E-state index >= 15 is 0 Å². The number of rotatable bonds is 40. The average Bonchev–Trinajstić information content (AvgIpc) is 3.12. The molecule has 0 aromatic heterocycles. The molecule has 0 saturated heterocycles. The Balaban J connectivity index is 4.43. The van der Waals surface area contributed by atoms with Gasteiger partial charge in [-0.25, -0.2) is 4.57 Å². The highest BCUT2D eigenvalue weighted by atomic mass is 31.2. The van der Waals surface area contributed by atoms with Gasteiger partial charge in [0.2, 0.25) is 0 Å². The number of likely N-dealkylation sites (N-methyl/N-ethyl adjacent to an activating group) is 1. The number of nitrogens with zero attached hydrogens (tertiary/aromatic N) is 1. The summed E-state index contributed by atoms with van der Waals surface area (Å²) in [6.45, 7) is 4.35. The molecule has 0 spiro atoms. The second-order valence-electron chi connectivity index (χ2n) is 16.1. The van der Waals surface area contributed by atoms with Gasteiger partial charge in [-0.15, -0.1) is 0 Å². The van der Waals surface area contributed by atoms with Gasteiger partial charge in [0.05, 0.1) is 27.7 Å². The average molecular weight is 787 g/mol. The minimum atomic E-state index is -4.39. The number of phosphoric acid groups is 1. The van der Waals surface area contributed by atoms with Gasteiger partial charge in [0.25, 0.3) is 0 Å². The number of ether oxygens (including phenoxy) is 2. The summed E-state index contributed by atoms with van der Waals surface area (Å²) in [4.78, 5) is 35.3. The van der Waals surface area contributed by atoms with Crippen LogP contribution in [0.1, 0.15) is 194 Å². The summed E-state index contributed by atoms with van der Waals surface area (Å²) in [5.74, 6) is -0.907. The number of allylic oxidation sites excluding steroid dienone is 4. The summed E-state index contributed by atoms with van der Waals surface area (Å²) in [6.07, 6.45) is 39.6. The predicted octanol–water partition coefficient (Wildman–Crippen LogP) is 12.4. The third kappa shape index (κ3) is 40.2. The number of esters is 2. The Hall–Kier alpha value is -1.51.